The number of piperidine rings is 1. The highest BCUT2D eigenvalue weighted by Crippen LogP contribution is 2.37. The molecule has 2 rings (SSSR count). The van der Waals surface area contributed by atoms with Crippen molar-refractivity contribution in [3.63, 3.8) is 0 Å². The van der Waals surface area contributed by atoms with Gasteiger partial charge < -0.3 is 27.0 Å². The van der Waals surface area contributed by atoms with Crippen molar-refractivity contribution in [3.8, 4) is 0 Å². The van der Waals surface area contributed by atoms with Gasteiger partial charge in [0.2, 0.25) is 0 Å². The second-order valence-electron chi connectivity index (χ2n) is 5.28. The van der Waals surface area contributed by atoms with Gasteiger partial charge in [-0.2, -0.15) is 0 Å². The van der Waals surface area contributed by atoms with Gasteiger partial charge in [0.05, 0.1) is 11.3 Å². The van der Waals surface area contributed by atoms with E-state index in [0.29, 0.717) is 9.88 Å². The molecule has 8 heteroatoms. The molecule has 1 aliphatic rings. The molecule has 1 aromatic heterocycles. The van der Waals surface area contributed by atoms with E-state index in [2.05, 4.69) is 10.6 Å². The van der Waals surface area contributed by atoms with E-state index in [1.54, 1.807) is 14.1 Å². The fourth-order valence-corrected chi connectivity index (χ4v) is 3.53. The minimum absolute atomic E-state index is 0.169. The molecule has 1 fully saturated rings. The van der Waals surface area contributed by atoms with Crippen molar-refractivity contribution in [1.29, 1.82) is 0 Å². The van der Waals surface area contributed by atoms with Crippen LogP contribution in [0.4, 0.5) is 10.7 Å². The maximum Gasteiger partial charge on any atom is 0.265 e. The molecule has 0 spiro atoms. The lowest BCUT2D eigenvalue weighted by molar-refractivity contribution is 0.0833. The number of nitrogens with zero attached hydrogens (tertiary/aromatic N) is 1. The van der Waals surface area contributed by atoms with E-state index >= 15 is 0 Å². The molecular weight excluding hydrogens is 290 g/mol. The second-order valence-corrected chi connectivity index (χ2v) is 6.30. The van der Waals surface area contributed by atoms with Gasteiger partial charge in [-0.3, -0.25) is 9.59 Å². The Kier molecular flexibility index (Phi) is 4.69. The summed E-state index contributed by atoms with van der Waals surface area (Å²) in [5.41, 5.74) is 11.8. The summed E-state index contributed by atoms with van der Waals surface area (Å²) in [6.07, 6.45) is 1.90. The summed E-state index contributed by atoms with van der Waals surface area (Å²) < 4.78 is 0. The van der Waals surface area contributed by atoms with Crippen molar-refractivity contribution in [2.45, 2.75) is 18.9 Å². The smallest absolute Gasteiger partial charge is 0.265 e. The highest BCUT2D eigenvalue weighted by atomic mass is 32.1. The number of hydrogen-bond acceptors (Lipinski definition) is 6. The highest BCUT2D eigenvalue weighted by molar-refractivity contribution is 7.19. The van der Waals surface area contributed by atoms with Gasteiger partial charge in [0.25, 0.3) is 11.8 Å². The molecule has 0 aliphatic carbocycles. The number of nitrogens with one attached hydrogen (secondary N) is 2. The molecule has 116 valence electrons. The van der Waals surface area contributed by atoms with E-state index in [0.717, 1.165) is 25.9 Å². The Labute approximate surface area is 127 Å². The van der Waals surface area contributed by atoms with Crippen LogP contribution in [-0.2, 0) is 0 Å². The predicted octanol–water partition coefficient (Wildman–Crippen LogP) is 0.295. The molecule has 2 heterocycles. The van der Waals surface area contributed by atoms with Crippen LogP contribution in [0, 0.1) is 0 Å². The van der Waals surface area contributed by atoms with Gasteiger partial charge in [-0.05, 0) is 25.9 Å². The van der Waals surface area contributed by atoms with Gasteiger partial charge in [0, 0.05) is 20.1 Å². The molecule has 0 bridgehead atoms. The third-order valence-electron chi connectivity index (χ3n) is 3.47. The maximum absolute atomic E-state index is 12.1. The zero-order valence-electron chi connectivity index (χ0n) is 12.2. The lowest BCUT2D eigenvalue weighted by Gasteiger charge is -2.24. The fourth-order valence-electron chi connectivity index (χ4n) is 2.30. The van der Waals surface area contributed by atoms with Gasteiger partial charge in [-0.25, -0.2) is 0 Å². The zero-order valence-corrected chi connectivity index (χ0v) is 13.0. The summed E-state index contributed by atoms with van der Waals surface area (Å²) in [6.45, 7) is 1.85. The van der Waals surface area contributed by atoms with Gasteiger partial charge in [0.1, 0.15) is 9.88 Å². The lowest BCUT2D eigenvalue weighted by atomic mass is 10.1. The number of anilines is 2. The van der Waals surface area contributed by atoms with E-state index in [1.165, 1.54) is 16.2 Å². The SMILES string of the molecule is CN(C)C(=O)c1sc(NC2CCNCC2)c(C(N)=O)c1N. The molecule has 6 N–H and O–H groups in total. The number of rotatable bonds is 4. The molecular formula is C13H21N5O2S. The van der Waals surface area contributed by atoms with E-state index in [9.17, 15) is 9.59 Å². The topological polar surface area (TPSA) is 113 Å². The number of thiophene rings is 1. The Hall–Kier alpha value is -1.80. The van der Waals surface area contributed by atoms with Crippen LogP contribution in [0.25, 0.3) is 0 Å². The summed E-state index contributed by atoms with van der Waals surface area (Å²) in [4.78, 5) is 25.6. The molecule has 0 saturated carbocycles. The molecule has 0 atom stereocenters. The standard InChI is InChI=1S/C13H21N5O2S/c1-18(2)13(20)10-9(14)8(11(15)19)12(21-10)17-7-3-5-16-6-4-7/h7,16-17H,3-6,14H2,1-2H3,(H2,15,19). The molecule has 0 radical (unpaired) electrons. The molecule has 1 aliphatic heterocycles. The summed E-state index contributed by atoms with van der Waals surface area (Å²) in [5, 5.41) is 7.18. The zero-order chi connectivity index (χ0) is 15.6. The van der Waals surface area contributed by atoms with E-state index in [-0.39, 0.29) is 23.2 Å². The van der Waals surface area contributed by atoms with Gasteiger partial charge in [0.15, 0.2) is 0 Å². The third-order valence-corrected chi connectivity index (χ3v) is 4.59. The van der Waals surface area contributed by atoms with Crippen LogP contribution >= 0.6 is 11.3 Å². The van der Waals surface area contributed by atoms with Crippen molar-refractivity contribution in [3.05, 3.63) is 10.4 Å². The van der Waals surface area contributed by atoms with Gasteiger partial charge in [-0.15, -0.1) is 11.3 Å². The van der Waals surface area contributed by atoms with Gasteiger partial charge in [-0.1, -0.05) is 0 Å². The van der Waals surface area contributed by atoms with Crippen molar-refractivity contribution < 1.29 is 9.59 Å². The van der Waals surface area contributed by atoms with Crippen LogP contribution in [0.1, 0.15) is 32.9 Å². The van der Waals surface area contributed by atoms with Crippen LogP contribution in [0.3, 0.4) is 0 Å². The van der Waals surface area contributed by atoms with E-state index in [4.69, 9.17) is 11.5 Å². The summed E-state index contributed by atoms with van der Waals surface area (Å²) in [6, 6.07) is 0.254. The number of nitrogen functional groups attached to an aromatic ring is 1. The minimum Gasteiger partial charge on any atom is -0.397 e. The highest BCUT2D eigenvalue weighted by Gasteiger charge is 2.26. The molecule has 1 saturated heterocycles. The van der Waals surface area contributed by atoms with Crippen LogP contribution in [0.15, 0.2) is 0 Å². The minimum atomic E-state index is -0.613. The Morgan fingerprint density at radius 2 is 1.95 bits per heavy atom. The van der Waals surface area contributed by atoms with E-state index in [1.807, 2.05) is 0 Å². The average molecular weight is 311 g/mol. The molecule has 0 aromatic carbocycles. The number of primary amides is 1. The Balaban J connectivity index is 2.32. The third kappa shape index (κ3) is 3.27. The maximum atomic E-state index is 12.1. The van der Waals surface area contributed by atoms with Crippen LogP contribution in [0.5, 0.6) is 0 Å². The predicted molar refractivity (Wildman–Crippen MR) is 84.8 cm³/mol. The first-order valence-corrected chi connectivity index (χ1v) is 7.64. The first kappa shape index (κ1) is 15.6. The summed E-state index contributed by atoms with van der Waals surface area (Å²) >= 11 is 1.20. The van der Waals surface area contributed by atoms with Crippen molar-refractivity contribution in [2.24, 2.45) is 5.73 Å². The Bertz CT molecular complexity index is 549. The number of nitrogens with two attached hydrogens (primary N) is 2. The van der Waals surface area contributed by atoms with Crippen LogP contribution in [0.2, 0.25) is 0 Å². The Morgan fingerprint density at radius 3 is 2.48 bits per heavy atom. The molecule has 21 heavy (non-hydrogen) atoms. The average Bonchev–Trinajstić information content (AvgIpc) is 2.75. The van der Waals surface area contributed by atoms with Gasteiger partial charge >= 0.3 is 0 Å². The number of carbonyl (C=O) groups is 2. The van der Waals surface area contributed by atoms with Crippen molar-refractivity contribution in [1.82, 2.24) is 10.2 Å². The number of amides is 2. The largest absolute Gasteiger partial charge is 0.397 e. The molecule has 0 unspecified atom stereocenters. The Morgan fingerprint density at radius 1 is 1.33 bits per heavy atom. The normalized spacial score (nSPS) is 15.7. The van der Waals surface area contributed by atoms with E-state index < -0.39 is 5.91 Å². The number of carbonyl (C=O) groups excluding carboxylic acids is 2. The summed E-state index contributed by atoms with van der Waals surface area (Å²) in [7, 11) is 3.29. The fraction of sp³-hybridized carbons (Fsp3) is 0.538. The first-order valence-electron chi connectivity index (χ1n) is 6.82. The monoisotopic (exact) mass is 311 g/mol. The molecule has 7 nitrogen and oxygen atoms in total. The van der Waals surface area contributed by atoms with Crippen molar-refractivity contribution >= 4 is 33.8 Å². The second kappa shape index (κ2) is 6.31. The molecule has 1 aromatic rings. The first-order chi connectivity index (χ1) is 9.91. The quantitative estimate of drug-likeness (QED) is 0.638. The van der Waals surface area contributed by atoms with Crippen molar-refractivity contribution in [2.75, 3.05) is 38.2 Å². The van der Waals surface area contributed by atoms with Crippen LogP contribution < -0.4 is 22.1 Å². The number of hydrogen-bond donors (Lipinski definition) is 4. The lowest BCUT2D eigenvalue weighted by Crippen LogP contribution is -2.35. The summed E-state index contributed by atoms with van der Waals surface area (Å²) in [5.74, 6) is -0.837. The van der Waals surface area contributed by atoms with Crippen LogP contribution in [-0.4, -0.2) is 49.9 Å². The molecule has 2 amide bonds.